The lowest BCUT2D eigenvalue weighted by Gasteiger charge is -2.17. The Hall–Kier alpha value is -1.22. The molecule has 0 fully saturated rings. The van der Waals surface area contributed by atoms with Gasteiger partial charge in [0.05, 0.1) is 6.04 Å². The van der Waals surface area contributed by atoms with Crippen molar-refractivity contribution in [3.63, 3.8) is 0 Å². The van der Waals surface area contributed by atoms with E-state index in [-0.39, 0.29) is 5.75 Å². The molecule has 0 radical (unpaired) electrons. The molecule has 1 N–H and O–H groups in total. The summed E-state index contributed by atoms with van der Waals surface area (Å²) in [5.74, 6) is 1.07. The highest BCUT2D eigenvalue weighted by atomic mass is 16.5. The summed E-state index contributed by atoms with van der Waals surface area (Å²) in [6.45, 7) is 0.672. The molecule has 1 unspecified atom stereocenters. The molecule has 3 heteroatoms. The van der Waals surface area contributed by atoms with Crippen LogP contribution in [0.3, 0.4) is 0 Å². The molecule has 1 heterocycles. The smallest absolute Gasteiger partial charge is 0.127 e. The number of hydrogen-bond acceptors (Lipinski definition) is 3. The van der Waals surface area contributed by atoms with Gasteiger partial charge in [0.15, 0.2) is 0 Å². The largest absolute Gasteiger partial charge is 0.508 e. The zero-order valence-corrected chi connectivity index (χ0v) is 7.82. The first-order valence-corrected chi connectivity index (χ1v) is 4.30. The maximum Gasteiger partial charge on any atom is 0.127 e. The second-order valence-corrected chi connectivity index (χ2v) is 3.51. The summed E-state index contributed by atoms with van der Waals surface area (Å²) >= 11 is 0. The van der Waals surface area contributed by atoms with Crippen molar-refractivity contribution in [3.8, 4) is 11.5 Å². The van der Waals surface area contributed by atoms with Gasteiger partial charge < -0.3 is 9.84 Å². The summed E-state index contributed by atoms with van der Waals surface area (Å²) in [7, 11) is 4.05. The fourth-order valence-electron chi connectivity index (χ4n) is 1.61. The molecule has 1 aromatic rings. The molecule has 1 aromatic carbocycles. The van der Waals surface area contributed by atoms with Crippen LogP contribution in [0, 0.1) is 0 Å². The number of hydrogen-bond donors (Lipinski definition) is 1. The summed E-state index contributed by atoms with van der Waals surface area (Å²) in [6, 6.07) is 5.60. The van der Waals surface area contributed by atoms with Crippen molar-refractivity contribution in [1.82, 2.24) is 4.90 Å². The molecule has 1 atom stereocenters. The molecule has 70 valence electrons. The van der Waals surface area contributed by atoms with E-state index in [2.05, 4.69) is 4.90 Å². The van der Waals surface area contributed by atoms with Crippen molar-refractivity contribution >= 4 is 0 Å². The van der Waals surface area contributed by atoms with Crippen molar-refractivity contribution < 1.29 is 9.84 Å². The van der Waals surface area contributed by atoms with Gasteiger partial charge in [0.2, 0.25) is 0 Å². The van der Waals surface area contributed by atoms with E-state index >= 15 is 0 Å². The number of likely N-dealkylation sites (N-methyl/N-ethyl adjacent to an activating group) is 1. The van der Waals surface area contributed by atoms with Gasteiger partial charge in [0.1, 0.15) is 18.1 Å². The Kier molecular flexibility index (Phi) is 1.88. The summed E-state index contributed by atoms with van der Waals surface area (Å²) in [5, 5.41) is 9.23. The van der Waals surface area contributed by atoms with Gasteiger partial charge in [-0.15, -0.1) is 0 Å². The Morgan fingerprint density at radius 1 is 1.46 bits per heavy atom. The standard InChI is InChI=1S/C10H13NO2/c1-11(2)9-6-13-10-5-7(12)3-4-8(9)10/h3-5,9,12H,6H2,1-2H3. The van der Waals surface area contributed by atoms with E-state index in [4.69, 9.17) is 4.74 Å². The highest BCUT2D eigenvalue weighted by Crippen LogP contribution is 2.36. The van der Waals surface area contributed by atoms with Crippen LogP contribution in [0.2, 0.25) is 0 Å². The first-order valence-electron chi connectivity index (χ1n) is 4.30. The number of rotatable bonds is 1. The van der Waals surface area contributed by atoms with Crippen LogP contribution in [0.25, 0.3) is 0 Å². The fourth-order valence-corrected chi connectivity index (χ4v) is 1.61. The number of benzene rings is 1. The normalized spacial score (nSPS) is 20.1. The molecule has 0 aromatic heterocycles. The van der Waals surface area contributed by atoms with E-state index in [9.17, 15) is 5.11 Å². The summed E-state index contributed by atoms with van der Waals surface area (Å²) in [6.07, 6.45) is 0. The minimum Gasteiger partial charge on any atom is -0.508 e. The molecule has 3 nitrogen and oxygen atoms in total. The highest BCUT2D eigenvalue weighted by Gasteiger charge is 2.25. The molecule has 1 aliphatic heterocycles. The first kappa shape index (κ1) is 8.38. The second-order valence-electron chi connectivity index (χ2n) is 3.51. The van der Waals surface area contributed by atoms with Gasteiger partial charge in [0.25, 0.3) is 0 Å². The molecular weight excluding hydrogens is 166 g/mol. The van der Waals surface area contributed by atoms with Crippen molar-refractivity contribution in [1.29, 1.82) is 0 Å². The van der Waals surface area contributed by atoms with Crippen LogP contribution < -0.4 is 4.74 Å². The van der Waals surface area contributed by atoms with Gasteiger partial charge in [-0.25, -0.2) is 0 Å². The summed E-state index contributed by atoms with van der Waals surface area (Å²) in [4.78, 5) is 2.11. The Balaban J connectivity index is 2.38. The van der Waals surface area contributed by atoms with Crippen LogP contribution >= 0.6 is 0 Å². The van der Waals surface area contributed by atoms with E-state index in [1.807, 2.05) is 20.2 Å². The predicted molar refractivity (Wildman–Crippen MR) is 50.0 cm³/mol. The number of phenolic OH excluding ortho intramolecular Hbond substituents is 1. The van der Waals surface area contributed by atoms with Crippen LogP contribution in [0.5, 0.6) is 11.5 Å². The average Bonchev–Trinajstić information content (AvgIpc) is 2.46. The van der Waals surface area contributed by atoms with Gasteiger partial charge in [-0.1, -0.05) is 0 Å². The molecular formula is C10H13NO2. The van der Waals surface area contributed by atoms with Crippen LogP contribution in [0.15, 0.2) is 18.2 Å². The lowest BCUT2D eigenvalue weighted by Crippen LogP contribution is -2.20. The van der Waals surface area contributed by atoms with Crippen molar-refractivity contribution in [2.75, 3.05) is 20.7 Å². The van der Waals surface area contributed by atoms with Gasteiger partial charge in [-0.05, 0) is 26.2 Å². The molecule has 0 aliphatic carbocycles. The number of ether oxygens (including phenoxy) is 1. The van der Waals surface area contributed by atoms with E-state index in [1.54, 1.807) is 12.1 Å². The molecule has 0 amide bonds. The van der Waals surface area contributed by atoms with E-state index in [0.29, 0.717) is 12.6 Å². The zero-order valence-electron chi connectivity index (χ0n) is 7.82. The molecule has 0 saturated carbocycles. The molecule has 0 bridgehead atoms. The van der Waals surface area contributed by atoms with Crippen LogP contribution in [0.4, 0.5) is 0 Å². The summed E-state index contributed by atoms with van der Waals surface area (Å²) < 4.78 is 5.45. The second kappa shape index (κ2) is 2.92. The Bertz CT molecular complexity index is 323. The number of phenols is 1. The van der Waals surface area contributed by atoms with E-state index in [0.717, 1.165) is 11.3 Å². The highest BCUT2D eigenvalue weighted by molar-refractivity contribution is 5.44. The quantitative estimate of drug-likeness (QED) is 0.707. The van der Waals surface area contributed by atoms with Crippen molar-refractivity contribution in [3.05, 3.63) is 23.8 Å². The average molecular weight is 179 g/mol. The Morgan fingerprint density at radius 2 is 2.23 bits per heavy atom. The number of nitrogens with zero attached hydrogens (tertiary/aromatic N) is 1. The molecule has 0 saturated heterocycles. The maximum atomic E-state index is 9.23. The third-order valence-electron chi connectivity index (χ3n) is 2.38. The molecule has 2 rings (SSSR count). The fraction of sp³-hybridized carbons (Fsp3) is 0.400. The molecule has 1 aliphatic rings. The lowest BCUT2D eigenvalue weighted by atomic mass is 10.1. The molecule has 0 spiro atoms. The van der Waals surface area contributed by atoms with Crippen molar-refractivity contribution in [2.24, 2.45) is 0 Å². The monoisotopic (exact) mass is 179 g/mol. The van der Waals surface area contributed by atoms with Gasteiger partial charge in [-0.3, -0.25) is 4.90 Å². The van der Waals surface area contributed by atoms with Gasteiger partial charge in [0, 0.05) is 11.6 Å². The van der Waals surface area contributed by atoms with Gasteiger partial charge >= 0.3 is 0 Å². The van der Waals surface area contributed by atoms with Crippen LogP contribution in [-0.2, 0) is 0 Å². The lowest BCUT2D eigenvalue weighted by molar-refractivity contribution is 0.226. The summed E-state index contributed by atoms with van der Waals surface area (Å²) in [5.41, 5.74) is 1.16. The third kappa shape index (κ3) is 1.35. The van der Waals surface area contributed by atoms with E-state index in [1.165, 1.54) is 0 Å². The van der Waals surface area contributed by atoms with E-state index < -0.39 is 0 Å². The minimum atomic E-state index is 0.262. The Labute approximate surface area is 77.6 Å². The topological polar surface area (TPSA) is 32.7 Å². The predicted octanol–water partition coefficient (Wildman–Crippen LogP) is 1.39. The SMILES string of the molecule is CN(C)C1COc2cc(O)ccc21. The Morgan fingerprint density at radius 3 is 2.92 bits per heavy atom. The van der Waals surface area contributed by atoms with Crippen LogP contribution in [0.1, 0.15) is 11.6 Å². The van der Waals surface area contributed by atoms with Crippen LogP contribution in [-0.4, -0.2) is 30.7 Å². The van der Waals surface area contributed by atoms with Gasteiger partial charge in [-0.2, -0.15) is 0 Å². The maximum absolute atomic E-state index is 9.23. The number of fused-ring (bicyclic) bond motifs is 1. The third-order valence-corrected chi connectivity index (χ3v) is 2.38. The minimum absolute atomic E-state index is 0.262. The molecule has 13 heavy (non-hydrogen) atoms. The first-order chi connectivity index (χ1) is 6.18. The zero-order chi connectivity index (χ0) is 9.42. The number of aromatic hydroxyl groups is 1. The van der Waals surface area contributed by atoms with Crippen molar-refractivity contribution in [2.45, 2.75) is 6.04 Å².